The van der Waals surface area contributed by atoms with Crippen LogP contribution in [-0.4, -0.2) is 21.3 Å². The van der Waals surface area contributed by atoms with Gasteiger partial charge in [-0.25, -0.2) is 4.79 Å². The molecule has 14 heavy (non-hydrogen) atoms. The molecule has 6 heteroatoms. The Balaban J connectivity index is 3.47. The van der Waals surface area contributed by atoms with E-state index in [9.17, 15) is 15.0 Å². The summed E-state index contributed by atoms with van der Waals surface area (Å²) in [6, 6.07) is 1.04. The van der Waals surface area contributed by atoms with E-state index >= 15 is 0 Å². The van der Waals surface area contributed by atoms with Gasteiger partial charge >= 0.3 is 5.97 Å². The zero-order valence-electron chi connectivity index (χ0n) is 6.99. The first-order valence-electron chi connectivity index (χ1n) is 3.65. The predicted molar refractivity (Wildman–Crippen MR) is 52.3 cm³/mol. The molecule has 1 rings (SSSR count). The number of aromatic carboxylic acids is 1. The Morgan fingerprint density at radius 1 is 1.50 bits per heavy atom. The molecule has 5 nitrogen and oxygen atoms in total. The summed E-state index contributed by atoms with van der Waals surface area (Å²) in [5.41, 5.74) is 5.16. The molecule has 76 valence electrons. The Bertz CT molecular complexity index is 391. The highest BCUT2D eigenvalue weighted by Gasteiger charge is 2.18. The van der Waals surface area contributed by atoms with Gasteiger partial charge in [0.1, 0.15) is 11.5 Å². The first-order valence-corrected chi connectivity index (χ1v) is 4.45. The number of carboxylic acids is 1. The van der Waals surface area contributed by atoms with Crippen LogP contribution >= 0.6 is 15.9 Å². The van der Waals surface area contributed by atoms with Gasteiger partial charge in [0, 0.05) is 6.54 Å². The van der Waals surface area contributed by atoms with Crippen molar-refractivity contribution in [3.63, 3.8) is 0 Å². The summed E-state index contributed by atoms with van der Waals surface area (Å²) >= 11 is 2.91. The first-order chi connectivity index (χ1) is 6.49. The average molecular weight is 262 g/mol. The van der Waals surface area contributed by atoms with E-state index in [-0.39, 0.29) is 33.6 Å². The molecule has 0 atom stereocenters. The number of benzene rings is 1. The van der Waals surface area contributed by atoms with Gasteiger partial charge in [-0.2, -0.15) is 0 Å². The number of aromatic hydroxyl groups is 2. The van der Waals surface area contributed by atoms with Gasteiger partial charge in [-0.15, -0.1) is 0 Å². The van der Waals surface area contributed by atoms with Gasteiger partial charge in [0.25, 0.3) is 0 Å². The average Bonchev–Trinajstić information content (AvgIpc) is 2.12. The quantitative estimate of drug-likeness (QED) is 0.637. The Morgan fingerprint density at radius 3 is 2.50 bits per heavy atom. The van der Waals surface area contributed by atoms with Gasteiger partial charge in [0.15, 0.2) is 0 Å². The summed E-state index contributed by atoms with van der Waals surface area (Å²) in [5, 5.41) is 27.5. The number of carboxylic acid groups (broad SMARTS) is 1. The van der Waals surface area contributed by atoms with Gasteiger partial charge < -0.3 is 21.1 Å². The number of rotatable bonds is 2. The number of hydrogen-bond acceptors (Lipinski definition) is 4. The van der Waals surface area contributed by atoms with Crippen LogP contribution in [-0.2, 0) is 6.54 Å². The summed E-state index contributed by atoms with van der Waals surface area (Å²) in [5.74, 6) is -1.92. The fraction of sp³-hybridized carbons (Fsp3) is 0.125. The van der Waals surface area contributed by atoms with E-state index in [1.165, 1.54) is 0 Å². The first kappa shape index (κ1) is 10.8. The van der Waals surface area contributed by atoms with Crippen molar-refractivity contribution < 1.29 is 20.1 Å². The minimum Gasteiger partial charge on any atom is -0.507 e. The molecule has 0 aliphatic rings. The number of halogens is 1. The zero-order valence-corrected chi connectivity index (χ0v) is 8.58. The van der Waals surface area contributed by atoms with Gasteiger partial charge in [-0.3, -0.25) is 0 Å². The molecule has 5 N–H and O–H groups in total. The molecule has 0 saturated carbocycles. The molecule has 0 heterocycles. The van der Waals surface area contributed by atoms with E-state index in [0.29, 0.717) is 0 Å². The third-order valence-electron chi connectivity index (χ3n) is 1.75. The van der Waals surface area contributed by atoms with Crippen LogP contribution < -0.4 is 5.73 Å². The normalized spacial score (nSPS) is 10.1. The zero-order chi connectivity index (χ0) is 10.9. The van der Waals surface area contributed by atoms with Crippen LogP contribution in [0.4, 0.5) is 0 Å². The minimum absolute atomic E-state index is 0.0169. The second-order valence-corrected chi connectivity index (χ2v) is 3.39. The van der Waals surface area contributed by atoms with E-state index < -0.39 is 5.97 Å². The van der Waals surface area contributed by atoms with E-state index in [1.807, 2.05) is 0 Å². The van der Waals surface area contributed by atoms with Crippen molar-refractivity contribution in [2.75, 3.05) is 0 Å². The van der Waals surface area contributed by atoms with Crippen LogP contribution in [0.25, 0.3) is 0 Å². The third-order valence-corrected chi connectivity index (χ3v) is 2.56. The molecule has 0 fully saturated rings. The van der Waals surface area contributed by atoms with Crippen LogP contribution in [0, 0.1) is 0 Å². The lowest BCUT2D eigenvalue weighted by atomic mass is 10.1. The van der Waals surface area contributed by atoms with Crippen molar-refractivity contribution in [3.05, 3.63) is 21.7 Å². The maximum absolute atomic E-state index is 10.6. The fourth-order valence-corrected chi connectivity index (χ4v) is 1.55. The Morgan fingerprint density at radius 2 is 2.07 bits per heavy atom. The Hall–Kier alpha value is -1.27. The predicted octanol–water partition coefficient (Wildman–Crippen LogP) is 1.02. The van der Waals surface area contributed by atoms with Crippen LogP contribution in [0.2, 0.25) is 0 Å². The lowest BCUT2D eigenvalue weighted by Gasteiger charge is -2.08. The van der Waals surface area contributed by atoms with Crippen LogP contribution in [0.3, 0.4) is 0 Å². The largest absolute Gasteiger partial charge is 0.507 e. The van der Waals surface area contributed by atoms with Crippen LogP contribution in [0.15, 0.2) is 10.5 Å². The van der Waals surface area contributed by atoms with E-state index in [1.54, 1.807) is 0 Å². The summed E-state index contributed by atoms with van der Waals surface area (Å²) in [6.07, 6.45) is 0. The lowest BCUT2D eigenvalue weighted by Crippen LogP contribution is -2.03. The lowest BCUT2D eigenvalue weighted by molar-refractivity contribution is 0.0695. The number of hydrogen-bond donors (Lipinski definition) is 4. The molecular weight excluding hydrogens is 254 g/mol. The molecule has 0 radical (unpaired) electrons. The summed E-state index contributed by atoms with van der Waals surface area (Å²) in [7, 11) is 0. The van der Waals surface area contributed by atoms with Gasteiger partial charge in [-0.1, -0.05) is 0 Å². The van der Waals surface area contributed by atoms with Crippen molar-refractivity contribution in [1.29, 1.82) is 0 Å². The van der Waals surface area contributed by atoms with Crippen molar-refractivity contribution in [3.8, 4) is 11.5 Å². The molecule has 0 aromatic heterocycles. The maximum Gasteiger partial charge on any atom is 0.337 e. The molecule has 0 aliphatic carbocycles. The molecule has 1 aromatic carbocycles. The molecule has 0 spiro atoms. The number of phenols is 2. The molecule has 0 unspecified atom stereocenters. The highest BCUT2D eigenvalue weighted by atomic mass is 79.9. The standard InChI is InChI=1S/C8H8BrNO4/c9-6-3(8(13)14)1-5(11)4(2-10)7(6)12/h1,11-12H,2,10H2,(H,13,14). The number of nitrogens with two attached hydrogens (primary N) is 1. The molecule has 0 saturated heterocycles. The Kier molecular flexibility index (Phi) is 2.97. The van der Waals surface area contributed by atoms with Crippen molar-refractivity contribution in [1.82, 2.24) is 0 Å². The van der Waals surface area contributed by atoms with Gasteiger partial charge in [0.2, 0.25) is 0 Å². The second kappa shape index (κ2) is 3.85. The number of phenolic OH excluding ortho intramolecular Hbond substituents is 2. The second-order valence-electron chi connectivity index (χ2n) is 2.59. The summed E-state index contributed by atoms with van der Waals surface area (Å²) < 4.78 is 0.0169. The third kappa shape index (κ3) is 1.66. The van der Waals surface area contributed by atoms with Gasteiger partial charge in [-0.05, 0) is 22.0 Å². The van der Waals surface area contributed by atoms with Crippen LogP contribution in [0.1, 0.15) is 15.9 Å². The maximum atomic E-state index is 10.6. The van der Waals surface area contributed by atoms with E-state index in [2.05, 4.69) is 15.9 Å². The molecule has 0 amide bonds. The summed E-state index contributed by atoms with van der Waals surface area (Å²) in [6.45, 7) is -0.0732. The molecule has 0 bridgehead atoms. The monoisotopic (exact) mass is 261 g/mol. The summed E-state index contributed by atoms with van der Waals surface area (Å²) in [4.78, 5) is 10.6. The topological polar surface area (TPSA) is 104 Å². The van der Waals surface area contributed by atoms with Gasteiger partial charge in [0.05, 0.1) is 15.6 Å². The van der Waals surface area contributed by atoms with Crippen molar-refractivity contribution in [2.45, 2.75) is 6.54 Å². The molecule has 1 aromatic rings. The van der Waals surface area contributed by atoms with Crippen LogP contribution in [0.5, 0.6) is 11.5 Å². The highest BCUT2D eigenvalue weighted by molar-refractivity contribution is 9.10. The number of carbonyl (C=O) groups is 1. The molecule has 0 aliphatic heterocycles. The van der Waals surface area contributed by atoms with E-state index in [0.717, 1.165) is 6.07 Å². The van der Waals surface area contributed by atoms with Crippen molar-refractivity contribution in [2.24, 2.45) is 5.73 Å². The highest BCUT2D eigenvalue weighted by Crippen LogP contribution is 2.36. The van der Waals surface area contributed by atoms with E-state index in [4.69, 9.17) is 10.8 Å². The van der Waals surface area contributed by atoms with Crippen molar-refractivity contribution >= 4 is 21.9 Å². The minimum atomic E-state index is -1.24. The Labute approximate surface area is 87.9 Å². The molecular formula is C8H8BrNO4. The SMILES string of the molecule is NCc1c(O)cc(C(=O)O)c(Br)c1O. The fourth-order valence-electron chi connectivity index (χ4n) is 1.03. The smallest absolute Gasteiger partial charge is 0.337 e.